The average Bonchev–Trinajstić information content (AvgIpc) is 3.24. The molecule has 1 saturated carbocycles. The van der Waals surface area contributed by atoms with Crippen molar-refractivity contribution in [3.63, 3.8) is 0 Å². The molecule has 1 aromatic rings. The molecule has 5 atom stereocenters. The summed E-state index contributed by atoms with van der Waals surface area (Å²) < 4.78 is 0. The number of fused-ring (bicyclic) bond motifs is 5. The van der Waals surface area contributed by atoms with Gasteiger partial charge in [-0.2, -0.15) is 0 Å². The molecule has 0 radical (unpaired) electrons. The SMILES string of the molecule is Cc1ccc(C)c(NC(=O)[C@@H](C)N2C(=O)[C@@H]3[C@@H](C2=O)[C@H]2C=C[C@H]3C2)c1. The third kappa shape index (κ3) is 2.33. The molecule has 3 amide bonds. The lowest BCUT2D eigenvalue weighted by atomic mass is 9.85. The Balaban J connectivity index is 1.54. The number of nitrogens with one attached hydrogen (secondary N) is 1. The summed E-state index contributed by atoms with van der Waals surface area (Å²) in [6, 6.07) is 5.01. The molecule has 0 spiro atoms. The first-order chi connectivity index (χ1) is 11.9. The number of imide groups is 1. The molecule has 1 aromatic carbocycles. The largest absolute Gasteiger partial charge is 0.324 e. The molecule has 1 N–H and O–H groups in total. The number of allylic oxidation sites excluding steroid dienone is 2. The zero-order valence-electron chi connectivity index (χ0n) is 14.7. The van der Waals surface area contributed by atoms with Crippen LogP contribution in [-0.2, 0) is 14.4 Å². The second-order valence-corrected chi connectivity index (χ2v) is 7.53. The van der Waals surface area contributed by atoms with Crippen LogP contribution in [0.4, 0.5) is 5.69 Å². The Bertz CT molecular complexity index is 783. The van der Waals surface area contributed by atoms with Crippen LogP contribution < -0.4 is 5.32 Å². The molecular formula is C20H22N2O3. The molecule has 2 fully saturated rings. The van der Waals surface area contributed by atoms with Crippen molar-refractivity contribution in [2.75, 3.05) is 5.32 Å². The highest BCUT2D eigenvalue weighted by Gasteiger charge is 2.60. The molecule has 1 heterocycles. The maximum Gasteiger partial charge on any atom is 0.247 e. The van der Waals surface area contributed by atoms with E-state index in [4.69, 9.17) is 0 Å². The van der Waals surface area contributed by atoms with E-state index >= 15 is 0 Å². The summed E-state index contributed by atoms with van der Waals surface area (Å²) in [5.74, 6) is -0.907. The van der Waals surface area contributed by atoms with Crippen LogP contribution in [0.3, 0.4) is 0 Å². The van der Waals surface area contributed by atoms with Gasteiger partial charge in [0.15, 0.2) is 0 Å². The monoisotopic (exact) mass is 338 g/mol. The average molecular weight is 338 g/mol. The number of rotatable bonds is 3. The summed E-state index contributed by atoms with van der Waals surface area (Å²) in [5, 5.41) is 2.87. The van der Waals surface area contributed by atoms with Crippen molar-refractivity contribution in [2.24, 2.45) is 23.7 Å². The van der Waals surface area contributed by atoms with Gasteiger partial charge in [-0.15, -0.1) is 0 Å². The van der Waals surface area contributed by atoms with Gasteiger partial charge in [-0.25, -0.2) is 0 Å². The van der Waals surface area contributed by atoms with Gasteiger partial charge in [0.05, 0.1) is 11.8 Å². The van der Waals surface area contributed by atoms with Crippen molar-refractivity contribution >= 4 is 23.4 Å². The van der Waals surface area contributed by atoms with Gasteiger partial charge in [0.1, 0.15) is 6.04 Å². The summed E-state index contributed by atoms with van der Waals surface area (Å²) in [4.78, 5) is 39.5. The summed E-state index contributed by atoms with van der Waals surface area (Å²) in [6.07, 6.45) is 5.01. The van der Waals surface area contributed by atoms with Crippen LogP contribution in [0.2, 0.25) is 0 Å². The molecule has 0 unspecified atom stereocenters. The zero-order valence-corrected chi connectivity index (χ0v) is 14.7. The van der Waals surface area contributed by atoms with Gasteiger partial charge < -0.3 is 5.32 Å². The summed E-state index contributed by atoms with van der Waals surface area (Å²) in [6.45, 7) is 5.50. The normalized spacial score (nSPS) is 30.8. The van der Waals surface area contributed by atoms with Crippen LogP contribution in [0, 0.1) is 37.5 Å². The Labute approximate surface area is 147 Å². The van der Waals surface area contributed by atoms with Crippen molar-refractivity contribution in [2.45, 2.75) is 33.2 Å². The number of anilines is 1. The van der Waals surface area contributed by atoms with Crippen molar-refractivity contribution < 1.29 is 14.4 Å². The van der Waals surface area contributed by atoms with Crippen LogP contribution in [0.5, 0.6) is 0 Å². The Morgan fingerprint density at radius 3 is 2.32 bits per heavy atom. The van der Waals surface area contributed by atoms with Crippen LogP contribution in [0.1, 0.15) is 24.5 Å². The fraction of sp³-hybridized carbons (Fsp3) is 0.450. The van der Waals surface area contributed by atoms with E-state index in [1.54, 1.807) is 6.92 Å². The summed E-state index contributed by atoms with van der Waals surface area (Å²) >= 11 is 0. The van der Waals surface area contributed by atoms with Gasteiger partial charge in [0.25, 0.3) is 0 Å². The first-order valence-corrected chi connectivity index (χ1v) is 8.82. The topological polar surface area (TPSA) is 66.5 Å². The molecule has 0 aromatic heterocycles. The molecule has 130 valence electrons. The third-order valence-corrected chi connectivity index (χ3v) is 5.92. The van der Waals surface area contributed by atoms with Crippen molar-refractivity contribution in [3.8, 4) is 0 Å². The van der Waals surface area contributed by atoms with Crippen LogP contribution in [-0.4, -0.2) is 28.7 Å². The minimum Gasteiger partial charge on any atom is -0.324 e. The minimum absolute atomic E-state index is 0.158. The lowest BCUT2D eigenvalue weighted by Gasteiger charge is -2.24. The smallest absolute Gasteiger partial charge is 0.247 e. The molecular weight excluding hydrogens is 316 g/mol. The number of amides is 3. The van der Waals surface area contributed by atoms with E-state index in [0.29, 0.717) is 0 Å². The van der Waals surface area contributed by atoms with E-state index in [9.17, 15) is 14.4 Å². The number of aryl methyl sites for hydroxylation is 2. The molecule has 1 saturated heterocycles. The lowest BCUT2D eigenvalue weighted by molar-refractivity contribution is -0.146. The van der Waals surface area contributed by atoms with Crippen LogP contribution in [0.25, 0.3) is 0 Å². The highest BCUT2D eigenvalue weighted by Crippen LogP contribution is 2.52. The molecule has 2 bridgehead atoms. The number of likely N-dealkylation sites (tertiary alicyclic amines) is 1. The second kappa shape index (κ2) is 5.55. The van der Waals surface area contributed by atoms with Crippen LogP contribution >= 0.6 is 0 Å². The summed E-state index contributed by atoms with van der Waals surface area (Å²) in [5.41, 5.74) is 2.71. The number of hydrogen-bond donors (Lipinski definition) is 1. The molecule has 4 rings (SSSR count). The fourth-order valence-corrected chi connectivity index (χ4v) is 4.53. The Morgan fingerprint density at radius 2 is 1.72 bits per heavy atom. The number of carbonyl (C=O) groups is 3. The van der Waals surface area contributed by atoms with Gasteiger partial charge >= 0.3 is 0 Å². The van der Waals surface area contributed by atoms with Gasteiger partial charge in [-0.3, -0.25) is 19.3 Å². The molecule has 3 aliphatic rings. The number of nitrogens with zero attached hydrogens (tertiary/aromatic N) is 1. The van der Waals surface area contributed by atoms with Crippen LogP contribution in [0.15, 0.2) is 30.4 Å². The second-order valence-electron chi connectivity index (χ2n) is 7.53. The first kappa shape index (κ1) is 16.1. The summed E-state index contributed by atoms with van der Waals surface area (Å²) in [7, 11) is 0. The zero-order chi connectivity index (χ0) is 17.9. The number of benzene rings is 1. The van der Waals surface area contributed by atoms with Crippen molar-refractivity contribution in [3.05, 3.63) is 41.5 Å². The first-order valence-electron chi connectivity index (χ1n) is 8.82. The van der Waals surface area contributed by atoms with E-state index in [-0.39, 0.29) is 41.4 Å². The maximum atomic E-state index is 12.8. The van der Waals surface area contributed by atoms with Gasteiger partial charge in [-0.05, 0) is 56.2 Å². The quantitative estimate of drug-likeness (QED) is 0.680. The predicted octanol–water partition coefficient (Wildman–Crippen LogP) is 2.44. The standard InChI is InChI=1S/C20H22N2O3/c1-10-4-5-11(2)15(8-10)21-18(23)12(3)22-19(24)16-13-6-7-14(9-13)17(16)20(22)25/h4-8,12-14,16-17H,9H2,1-3H3,(H,21,23)/t12-,13+,14+,16+,17+/m1/s1. The molecule has 5 nitrogen and oxygen atoms in total. The molecule has 1 aliphatic heterocycles. The maximum absolute atomic E-state index is 12.8. The Morgan fingerprint density at radius 1 is 1.12 bits per heavy atom. The molecule has 5 heteroatoms. The van der Waals surface area contributed by atoms with E-state index in [0.717, 1.165) is 23.2 Å². The number of hydrogen-bond acceptors (Lipinski definition) is 3. The van der Waals surface area contributed by atoms with E-state index in [1.165, 1.54) is 4.90 Å². The van der Waals surface area contributed by atoms with Gasteiger partial charge in [0.2, 0.25) is 17.7 Å². The van der Waals surface area contributed by atoms with E-state index < -0.39 is 6.04 Å². The van der Waals surface area contributed by atoms with Gasteiger partial charge in [-0.1, -0.05) is 24.3 Å². The molecule has 2 aliphatic carbocycles. The van der Waals surface area contributed by atoms with Crippen molar-refractivity contribution in [1.82, 2.24) is 4.90 Å². The molecule has 25 heavy (non-hydrogen) atoms. The highest BCUT2D eigenvalue weighted by molar-refractivity contribution is 6.10. The predicted molar refractivity (Wildman–Crippen MR) is 93.6 cm³/mol. The third-order valence-electron chi connectivity index (χ3n) is 5.92. The van der Waals surface area contributed by atoms with Gasteiger partial charge in [0, 0.05) is 5.69 Å². The van der Waals surface area contributed by atoms with Crippen molar-refractivity contribution in [1.29, 1.82) is 0 Å². The van der Waals surface area contributed by atoms with E-state index in [1.807, 2.05) is 32.0 Å². The Kier molecular flexibility index (Phi) is 3.56. The highest BCUT2D eigenvalue weighted by atomic mass is 16.2. The lowest BCUT2D eigenvalue weighted by Crippen LogP contribution is -2.46. The Hall–Kier alpha value is -2.43. The minimum atomic E-state index is -0.801. The van der Waals surface area contributed by atoms with E-state index in [2.05, 4.69) is 17.5 Å². The fourth-order valence-electron chi connectivity index (χ4n) is 4.53. The number of carbonyl (C=O) groups excluding carboxylic acids is 3.